The van der Waals surface area contributed by atoms with E-state index in [9.17, 15) is 14.9 Å². The van der Waals surface area contributed by atoms with Crippen LogP contribution in [0.15, 0.2) is 22.7 Å². The van der Waals surface area contributed by atoms with Crippen molar-refractivity contribution in [2.75, 3.05) is 11.9 Å². The third kappa shape index (κ3) is 7.02. The number of unbranched alkanes of at least 4 members (excludes halogenated alkanes) is 1. The lowest BCUT2D eigenvalue weighted by atomic mass is 10.1. The fraction of sp³-hybridized carbons (Fsp3) is 0.550. The zero-order valence-electron chi connectivity index (χ0n) is 18.0. The highest BCUT2D eigenvalue weighted by Gasteiger charge is 2.23. The number of aromatic nitrogens is 2. The maximum absolute atomic E-state index is 11.6. The van der Waals surface area contributed by atoms with Crippen molar-refractivity contribution < 1.29 is 19.0 Å². The molecule has 0 bridgehead atoms. The summed E-state index contributed by atoms with van der Waals surface area (Å²) in [6.45, 7) is 9.57. The number of ether oxygens (including phenoxy) is 1. The first-order chi connectivity index (χ1) is 14.1. The number of nitro benzene ring substituents is 1. The first-order valence-electron chi connectivity index (χ1n) is 9.88. The van der Waals surface area contributed by atoms with Crippen LogP contribution in [-0.2, 0) is 4.74 Å². The fourth-order valence-corrected chi connectivity index (χ4v) is 2.83. The van der Waals surface area contributed by atoms with Crippen LogP contribution in [-0.4, -0.2) is 39.3 Å². The lowest BCUT2D eigenvalue weighted by Crippen LogP contribution is -2.33. The van der Waals surface area contributed by atoms with Crippen LogP contribution in [0.5, 0.6) is 0 Å². The number of nitrogens with one attached hydrogen (secondary N) is 2. The maximum atomic E-state index is 11.6. The number of rotatable bonds is 9. The summed E-state index contributed by atoms with van der Waals surface area (Å²) in [6.07, 6.45) is 1.90. The number of carbonyl (C=O) groups excluding carboxylic acids is 1. The molecule has 1 amide bonds. The number of benzene rings is 1. The van der Waals surface area contributed by atoms with Crippen molar-refractivity contribution in [1.29, 1.82) is 0 Å². The summed E-state index contributed by atoms with van der Waals surface area (Å²) in [7, 11) is 0. The second-order valence-electron chi connectivity index (χ2n) is 8.07. The average molecular weight is 419 g/mol. The molecule has 2 rings (SSSR count). The molecule has 10 nitrogen and oxygen atoms in total. The number of hydrogen-bond acceptors (Lipinski definition) is 8. The highest BCUT2D eigenvalue weighted by molar-refractivity contribution is 5.80. The van der Waals surface area contributed by atoms with Gasteiger partial charge >= 0.3 is 6.09 Å². The Morgan fingerprint density at radius 3 is 2.67 bits per heavy atom. The van der Waals surface area contributed by atoms with Crippen LogP contribution in [0.25, 0.3) is 11.5 Å². The molecule has 0 saturated carbocycles. The van der Waals surface area contributed by atoms with Gasteiger partial charge in [0.15, 0.2) is 5.82 Å². The summed E-state index contributed by atoms with van der Waals surface area (Å²) in [5.41, 5.74) is 0.261. The summed E-state index contributed by atoms with van der Waals surface area (Å²) in [4.78, 5) is 26.9. The number of carbonyl (C=O) groups is 1. The number of hydrogen-bond donors (Lipinski definition) is 2. The van der Waals surface area contributed by atoms with E-state index < -0.39 is 16.6 Å². The van der Waals surface area contributed by atoms with Gasteiger partial charge in [-0.3, -0.25) is 10.1 Å². The van der Waals surface area contributed by atoms with Gasteiger partial charge in [0.2, 0.25) is 0 Å². The molecule has 0 aliphatic carbocycles. The molecule has 0 saturated heterocycles. The molecule has 164 valence electrons. The smallest absolute Gasteiger partial charge is 0.407 e. The summed E-state index contributed by atoms with van der Waals surface area (Å²) < 4.78 is 10.4. The van der Waals surface area contributed by atoms with Crippen LogP contribution >= 0.6 is 0 Å². The minimum absolute atomic E-state index is 0.0459. The Morgan fingerprint density at radius 1 is 1.33 bits per heavy atom. The van der Waals surface area contributed by atoms with Gasteiger partial charge < -0.3 is 19.9 Å². The number of anilines is 1. The Hall–Kier alpha value is -3.17. The Bertz CT molecular complexity index is 875. The van der Waals surface area contributed by atoms with E-state index in [0.29, 0.717) is 23.6 Å². The predicted octanol–water partition coefficient (Wildman–Crippen LogP) is 4.45. The Kier molecular flexibility index (Phi) is 7.73. The third-order valence-electron chi connectivity index (χ3n) is 4.12. The van der Waals surface area contributed by atoms with Crippen molar-refractivity contribution >= 4 is 17.5 Å². The molecule has 2 aromatic rings. The summed E-state index contributed by atoms with van der Waals surface area (Å²) in [6, 6.07) is 4.69. The van der Waals surface area contributed by atoms with Crippen LogP contribution in [0.4, 0.5) is 16.2 Å². The van der Waals surface area contributed by atoms with Gasteiger partial charge in [0.25, 0.3) is 11.6 Å². The third-order valence-corrected chi connectivity index (χ3v) is 4.12. The molecule has 0 aliphatic rings. The number of aryl methyl sites for hydroxylation is 1. The van der Waals surface area contributed by atoms with Gasteiger partial charge in [-0.2, -0.15) is 4.98 Å². The van der Waals surface area contributed by atoms with Gasteiger partial charge in [-0.15, -0.1) is 0 Å². The van der Waals surface area contributed by atoms with Gasteiger partial charge in [0, 0.05) is 18.7 Å². The SMILES string of the molecule is Cc1noc(-c2cccc([N+](=O)[O-])c2N[C@@H](C)CCCCNC(=O)OC(C)(C)C)n1. The molecule has 0 radical (unpaired) electrons. The van der Waals surface area contributed by atoms with E-state index >= 15 is 0 Å². The van der Waals surface area contributed by atoms with Crippen LogP contribution in [0.3, 0.4) is 0 Å². The van der Waals surface area contributed by atoms with Crippen molar-refractivity contribution in [2.24, 2.45) is 0 Å². The van der Waals surface area contributed by atoms with Crippen molar-refractivity contribution in [3.63, 3.8) is 0 Å². The van der Waals surface area contributed by atoms with E-state index in [1.165, 1.54) is 6.07 Å². The Morgan fingerprint density at radius 2 is 2.07 bits per heavy atom. The number of nitrogens with zero attached hydrogens (tertiary/aromatic N) is 3. The van der Waals surface area contributed by atoms with Crippen LogP contribution < -0.4 is 10.6 Å². The topological polar surface area (TPSA) is 132 Å². The van der Waals surface area contributed by atoms with E-state index in [4.69, 9.17) is 9.26 Å². The number of nitro groups is 1. The first-order valence-corrected chi connectivity index (χ1v) is 9.88. The Balaban J connectivity index is 1.94. The van der Waals surface area contributed by atoms with E-state index in [1.54, 1.807) is 19.1 Å². The summed E-state index contributed by atoms with van der Waals surface area (Å²) in [5.74, 6) is 0.681. The normalized spacial score (nSPS) is 12.3. The van der Waals surface area contributed by atoms with Crippen molar-refractivity contribution in [2.45, 2.75) is 65.5 Å². The largest absolute Gasteiger partial charge is 0.444 e. The van der Waals surface area contributed by atoms with E-state index in [2.05, 4.69) is 20.8 Å². The Labute approximate surface area is 175 Å². The average Bonchev–Trinajstić information content (AvgIpc) is 3.06. The quantitative estimate of drug-likeness (QED) is 0.346. The second-order valence-corrected chi connectivity index (χ2v) is 8.07. The molecular weight excluding hydrogens is 390 g/mol. The number of alkyl carbamates (subject to hydrolysis) is 1. The van der Waals surface area contributed by atoms with E-state index in [-0.39, 0.29) is 17.6 Å². The molecule has 1 aromatic carbocycles. The molecule has 0 unspecified atom stereocenters. The molecule has 1 heterocycles. The maximum Gasteiger partial charge on any atom is 0.407 e. The summed E-state index contributed by atoms with van der Waals surface area (Å²) in [5, 5.41) is 21.2. The van der Waals surface area contributed by atoms with Gasteiger partial charge in [-0.05, 0) is 59.9 Å². The van der Waals surface area contributed by atoms with E-state index in [1.807, 2.05) is 27.7 Å². The van der Waals surface area contributed by atoms with Gasteiger partial charge in [0.05, 0.1) is 10.5 Å². The second kappa shape index (κ2) is 10.0. The molecule has 1 atom stereocenters. The predicted molar refractivity (Wildman–Crippen MR) is 112 cm³/mol. The highest BCUT2D eigenvalue weighted by atomic mass is 16.6. The zero-order chi connectivity index (χ0) is 22.3. The van der Waals surface area contributed by atoms with Gasteiger partial charge in [-0.1, -0.05) is 11.2 Å². The fourth-order valence-electron chi connectivity index (χ4n) is 2.83. The van der Waals surface area contributed by atoms with Crippen molar-refractivity contribution in [3.8, 4) is 11.5 Å². The van der Waals surface area contributed by atoms with Crippen LogP contribution in [0.2, 0.25) is 0 Å². The minimum Gasteiger partial charge on any atom is -0.444 e. The highest BCUT2D eigenvalue weighted by Crippen LogP contribution is 2.35. The first kappa shape index (κ1) is 23.1. The standard InChI is InChI=1S/C20H29N5O5/c1-13(9-6-7-12-21-19(26)29-20(3,4)5)22-17-15(18-23-14(2)24-30-18)10-8-11-16(17)25(27)28/h8,10-11,13,22H,6-7,9,12H2,1-5H3,(H,21,26)/t13-/m0/s1. The zero-order valence-corrected chi connectivity index (χ0v) is 18.0. The van der Waals surface area contributed by atoms with Crippen LogP contribution in [0.1, 0.15) is 52.8 Å². The summed E-state index contributed by atoms with van der Waals surface area (Å²) >= 11 is 0. The number of amides is 1. The molecule has 10 heteroatoms. The molecule has 1 aromatic heterocycles. The number of para-hydroxylation sites is 1. The molecule has 0 fully saturated rings. The van der Waals surface area contributed by atoms with E-state index in [0.717, 1.165) is 19.3 Å². The molecule has 0 aliphatic heterocycles. The van der Waals surface area contributed by atoms with Crippen molar-refractivity contribution in [1.82, 2.24) is 15.5 Å². The molecule has 0 spiro atoms. The lowest BCUT2D eigenvalue weighted by Gasteiger charge is -2.20. The van der Waals surface area contributed by atoms with Gasteiger partial charge in [0.1, 0.15) is 11.3 Å². The lowest BCUT2D eigenvalue weighted by molar-refractivity contribution is -0.383. The van der Waals surface area contributed by atoms with Crippen molar-refractivity contribution in [3.05, 3.63) is 34.1 Å². The van der Waals surface area contributed by atoms with Crippen LogP contribution in [0, 0.1) is 17.0 Å². The molecular formula is C20H29N5O5. The van der Waals surface area contributed by atoms with Gasteiger partial charge in [-0.25, -0.2) is 4.79 Å². The minimum atomic E-state index is -0.526. The molecule has 30 heavy (non-hydrogen) atoms. The monoisotopic (exact) mass is 419 g/mol. The molecule has 2 N–H and O–H groups in total.